The largest absolute Gasteiger partial charge is 0.352 e. The number of halogens is 1. The molecule has 2 amide bonds. The molecule has 0 radical (unpaired) electrons. The maximum Gasteiger partial charge on any atom is 0.273 e. The van der Waals surface area contributed by atoms with Crippen molar-refractivity contribution in [3.8, 4) is 0 Å². The lowest BCUT2D eigenvalue weighted by Gasteiger charge is -2.32. The summed E-state index contributed by atoms with van der Waals surface area (Å²) in [5, 5.41) is 15.3. The van der Waals surface area contributed by atoms with E-state index in [2.05, 4.69) is 5.32 Å². The van der Waals surface area contributed by atoms with E-state index in [0.717, 1.165) is 36.8 Å². The molecule has 37 heavy (non-hydrogen) atoms. The molecule has 0 aliphatic heterocycles. The van der Waals surface area contributed by atoms with E-state index in [0.29, 0.717) is 17.0 Å². The number of para-hydroxylation sites is 1. The molecule has 1 atom stereocenters. The fraction of sp³-hybridized carbons (Fsp3) is 0.310. The number of rotatable bonds is 10. The van der Waals surface area contributed by atoms with Gasteiger partial charge in [-0.25, -0.2) is 0 Å². The molecule has 0 saturated heterocycles. The van der Waals surface area contributed by atoms with Gasteiger partial charge in [0, 0.05) is 35.7 Å². The van der Waals surface area contributed by atoms with Gasteiger partial charge in [-0.3, -0.25) is 19.7 Å². The first-order valence-electron chi connectivity index (χ1n) is 12.5. The van der Waals surface area contributed by atoms with Crippen molar-refractivity contribution in [1.82, 2.24) is 10.2 Å². The molecule has 1 saturated carbocycles. The molecule has 1 N–H and O–H groups in total. The summed E-state index contributed by atoms with van der Waals surface area (Å²) in [6, 6.07) is 22.2. The lowest BCUT2D eigenvalue weighted by atomic mass is 10.0. The molecule has 8 heteroatoms. The van der Waals surface area contributed by atoms with E-state index in [1.807, 2.05) is 36.4 Å². The van der Waals surface area contributed by atoms with Crippen molar-refractivity contribution in [2.24, 2.45) is 0 Å². The van der Waals surface area contributed by atoms with E-state index >= 15 is 0 Å². The molecule has 0 bridgehead atoms. The molecule has 3 aromatic rings. The van der Waals surface area contributed by atoms with Crippen LogP contribution in [0, 0.1) is 10.1 Å². The van der Waals surface area contributed by atoms with Gasteiger partial charge in [0.1, 0.15) is 6.04 Å². The summed E-state index contributed by atoms with van der Waals surface area (Å²) in [4.78, 5) is 40.2. The number of hydrogen-bond donors (Lipinski definition) is 1. The lowest BCUT2D eigenvalue weighted by Crippen LogP contribution is -2.52. The minimum absolute atomic E-state index is 0.0871. The highest BCUT2D eigenvalue weighted by Crippen LogP contribution is 2.23. The number of nitrogens with one attached hydrogen (secondary N) is 1. The van der Waals surface area contributed by atoms with E-state index in [4.69, 9.17) is 11.6 Å². The van der Waals surface area contributed by atoms with E-state index in [-0.39, 0.29) is 36.5 Å². The van der Waals surface area contributed by atoms with Crippen LogP contribution in [0.3, 0.4) is 0 Å². The van der Waals surface area contributed by atoms with Gasteiger partial charge in [-0.1, -0.05) is 85.1 Å². The number of nitro benzene ring substituents is 1. The Morgan fingerprint density at radius 3 is 2.35 bits per heavy atom. The van der Waals surface area contributed by atoms with Crippen LogP contribution in [-0.4, -0.2) is 33.7 Å². The molecule has 1 aliphatic carbocycles. The molecular weight excluding hydrogens is 490 g/mol. The molecule has 1 fully saturated rings. The topological polar surface area (TPSA) is 92.6 Å². The van der Waals surface area contributed by atoms with Gasteiger partial charge in [0.2, 0.25) is 11.8 Å². The fourth-order valence-electron chi connectivity index (χ4n) is 4.86. The monoisotopic (exact) mass is 519 g/mol. The first kappa shape index (κ1) is 26.4. The fourth-order valence-corrected chi connectivity index (χ4v) is 5.07. The molecular formula is C29H30ClN3O4. The predicted molar refractivity (Wildman–Crippen MR) is 143 cm³/mol. The molecule has 3 aromatic carbocycles. The lowest BCUT2D eigenvalue weighted by molar-refractivity contribution is -0.385. The summed E-state index contributed by atoms with van der Waals surface area (Å²) in [6.07, 6.45) is 4.10. The Kier molecular flexibility index (Phi) is 8.90. The number of nitro groups is 1. The predicted octanol–water partition coefficient (Wildman–Crippen LogP) is 5.49. The molecule has 192 valence electrons. The first-order valence-corrected chi connectivity index (χ1v) is 12.9. The number of amides is 2. The Bertz CT molecular complexity index is 1240. The van der Waals surface area contributed by atoms with Gasteiger partial charge in [0.05, 0.1) is 11.3 Å². The smallest absolute Gasteiger partial charge is 0.273 e. The molecule has 0 spiro atoms. The van der Waals surface area contributed by atoms with Crippen LogP contribution in [0.25, 0.3) is 0 Å². The van der Waals surface area contributed by atoms with Crippen molar-refractivity contribution in [2.45, 2.75) is 57.2 Å². The van der Waals surface area contributed by atoms with Gasteiger partial charge in [0.25, 0.3) is 5.69 Å². The van der Waals surface area contributed by atoms with Crippen LogP contribution in [0.1, 0.15) is 42.4 Å². The Labute approximate surface area is 221 Å². The zero-order chi connectivity index (χ0) is 26.2. The van der Waals surface area contributed by atoms with Gasteiger partial charge in [-0.15, -0.1) is 0 Å². The Hall–Kier alpha value is -3.71. The first-order chi connectivity index (χ1) is 17.9. The highest BCUT2D eigenvalue weighted by Gasteiger charge is 2.33. The standard InChI is InChI=1S/C29H30ClN3O4/c30-24-13-8-11-22(17-24)20-32(28(34)19-23-12-4-7-16-26(23)33(36)37)27(18-21-9-2-1-3-10-21)29(35)31-25-14-5-6-15-25/h1-4,7-13,16-17,25,27H,5-6,14-15,18-20H2,(H,31,35)/t27-/m0/s1. The van der Waals surface area contributed by atoms with Crippen LogP contribution in [0.15, 0.2) is 78.9 Å². The van der Waals surface area contributed by atoms with Gasteiger partial charge in [0.15, 0.2) is 0 Å². The number of carbonyl (C=O) groups excluding carboxylic acids is 2. The number of carbonyl (C=O) groups is 2. The third-order valence-electron chi connectivity index (χ3n) is 6.74. The average molecular weight is 520 g/mol. The van der Waals surface area contributed by atoms with Gasteiger partial charge in [-0.2, -0.15) is 0 Å². The van der Waals surface area contributed by atoms with Crippen LogP contribution in [0.2, 0.25) is 5.02 Å². The summed E-state index contributed by atoms with van der Waals surface area (Å²) in [6.45, 7) is 0.148. The second-order valence-corrected chi connectivity index (χ2v) is 9.85. The van der Waals surface area contributed by atoms with Gasteiger partial charge < -0.3 is 10.2 Å². The van der Waals surface area contributed by atoms with E-state index < -0.39 is 11.0 Å². The third-order valence-corrected chi connectivity index (χ3v) is 6.98. The van der Waals surface area contributed by atoms with Crippen LogP contribution in [-0.2, 0) is 29.0 Å². The van der Waals surface area contributed by atoms with E-state index in [9.17, 15) is 19.7 Å². The molecule has 1 aliphatic rings. The van der Waals surface area contributed by atoms with Gasteiger partial charge in [-0.05, 0) is 36.1 Å². The Morgan fingerprint density at radius 1 is 0.973 bits per heavy atom. The molecule has 0 heterocycles. The zero-order valence-electron chi connectivity index (χ0n) is 20.5. The number of nitrogens with zero attached hydrogens (tertiary/aromatic N) is 2. The molecule has 0 unspecified atom stereocenters. The van der Waals surface area contributed by atoms with Crippen LogP contribution in [0.4, 0.5) is 5.69 Å². The zero-order valence-corrected chi connectivity index (χ0v) is 21.3. The van der Waals surface area contributed by atoms with Gasteiger partial charge >= 0.3 is 0 Å². The second-order valence-electron chi connectivity index (χ2n) is 9.41. The SMILES string of the molecule is O=C(NC1CCCC1)[C@H](Cc1ccccc1)N(Cc1cccc(Cl)c1)C(=O)Cc1ccccc1[N+](=O)[O-]. The Balaban J connectivity index is 1.69. The number of benzene rings is 3. The summed E-state index contributed by atoms with van der Waals surface area (Å²) in [5.41, 5.74) is 1.88. The molecule has 4 rings (SSSR count). The highest BCUT2D eigenvalue weighted by atomic mass is 35.5. The minimum atomic E-state index is -0.794. The van der Waals surface area contributed by atoms with E-state index in [1.165, 1.54) is 6.07 Å². The summed E-state index contributed by atoms with van der Waals surface area (Å²) in [7, 11) is 0. The molecule has 7 nitrogen and oxygen atoms in total. The second kappa shape index (κ2) is 12.5. The van der Waals surface area contributed by atoms with Crippen molar-refractivity contribution >= 4 is 29.1 Å². The maximum atomic E-state index is 13.8. The van der Waals surface area contributed by atoms with Crippen LogP contribution < -0.4 is 5.32 Å². The summed E-state index contributed by atoms with van der Waals surface area (Å²) in [5.74, 6) is -0.578. The van der Waals surface area contributed by atoms with Crippen LogP contribution >= 0.6 is 11.6 Å². The average Bonchev–Trinajstić information content (AvgIpc) is 3.40. The highest BCUT2D eigenvalue weighted by molar-refractivity contribution is 6.30. The molecule has 0 aromatic heterocycles. The quantitative estimate of drug-likeness (QED) is 0.283. The van der Waals surface area contributed by atoms with Crippen molar-refractivity contribution in [3.05, 3.63) is 111 Å². The summed E-state index contributed by atoms with van der Waals surface area (Å²) < 4.78 is 0. The van der Waals surface area contributed by atoms with E-state index in [1.54, 1.807) is 41.3 Å². The van der Waals surface area contributed by atoms with Crippen molar-refractivity contribution < 1.29 is 14.5 Å². The van der Waals surface area contributed by atoms with Crippen molar-refractivity contribution in [2.75, 3.05) is 0 Å². The normalized spacial score (nSPS) is 14.2. The third kappa shape index (κ3) is 7.17. The van der Waals surface area contributed by atoms with Crippen molar-refractivity contribution in [3.63, 3.8) is 0 Å². The van der Waals surface area contributed by atoms with Crippen LogP contribution in [0.5, 0.6) is 0 Å². The Morgan fingerprint density at radius 2 is 1.65 bits per heavy atom. The van der Waals surface area contributed by atoms with Crippen molar-refractivity contribution in [1.29, 1.82) is 0 Å². The number of hydrogen-bond acceptors (Lipinski definition) is 4. The minimum Gasteiger partial charge on any atom is -0.352 e. The summed E-state index contributed by atoms with van der Waals surface area (Å²) >= 11 is 6.22. The maximum absolute atomic E-state index is 13.8.